The number of nitrogens with two attached hydrogens (primary N) is 1. The van der Waals surface area contributed by atoms with Crippen molar-refractivity contribution in [1.82, 2.24) is 4.98 Å². The molecule has 0 aliphatic carbocycles. The van der Waals surface area contributed by atoms with Crippen LogP contribution in [0.3, 0.4) is 0 Å². The highest BCUT2D eigenvalue weighted by atomic mass is 19.1. The van der Waals surface area contributed by atoms with Crippen LogP contribution in [-0.4, -0.2) is 43.8 Å². The van der Waals surface area contributed by atoms with E-state index in [2.05, 4.69) is 15.3 Å². The van der Waals surface area contributed by atoms with Gasteiger partial charge in [0.15, 0.2) is 11.5 Å². The molecule has 1 amide bonds. The summed E-state index contributed by atoms with van der Waals surface area (Å²) in [6, 6.07) is 5.02. The third kappa shape index (κ3) is 3.13. The zero-order valence-electron chi connectivity index (χ0n) is 16.4. The number of carbonyl (C=O) groups is 1. The molecule has 0 spiro atoms. The van der Waals surface area contributed by atoms with Crippen LogP contribution in [0.2, 0.25) is 0 Å². The van der Waals surface area contributed by atoms with Gasteiger partial charge in [-0.3, -0.25) is 4.79 Å². The molecule has 2 aromatic rings. The number of nitrogens with zero attached hydrogens (tertiary/aromatic N) is 2. The van der Waals surface area contributed by atoms with Crippen LogP contribution in [0.1, 0.15) is 23.0 Å². The van der Waals surface area contributed by atoms with Gasteiger partial charge >= 0.3 is 0 Å². The van der Waals surface area contributed by atoms with Gasteiger partial charge in [0.25, 0.3) is 11.9 Å². The van der Waals surface area contributed by atoms with E-state index in [1.807, 2.05) is 6.92 Å². The van der Waals surface area contributed by atoms with Crippen LogP contribution in [0, 0.1) is 17.0 Å². The van der Waals surface area contributed by atoms with Crippen LogP contribution in [0.15, 0.2) is 35.5 Å². The van der Waals surface area contributed by atoms with Gasteiger partial charge in [-0.05, 0) is 18.2 Å². The van der Waals surface area contributed by atoms with E-state index in [1.54, 1.807) is 0 Å². The van der Waals surface area contributed by atoms with Crippen molar-refractivity contribution in [3.05, 3.63) is 53.4 Å². The van der Waals surface area contributed by atoms with Crippen LogP contribution < -0.4 is 15.8 Å². The van der Waals surface area contributed by atoms with Gasteiger partial charge in [0.1, 0.15) is 23.7 Å². The molecule has 3 N–H and O–H groups in total. The van der Waals surface area contributed by atoms with Gasteiger partial charge in [0.2, 0.25) is 0 Å². The molecule has 2 atom stereocenters. The second kappa shape index (κ2) is 7.21. The average Bonchev–Trinajstić information content (AvgIpc) is 3.06. The number of fused-ring (bicyclic) bond motifs is 1. The van der Waals surface area contributed by atoms with E-state index >= 15 is 0 Å². The standard InChI is InChI=1S/C20H20F2N4O4/c1-19-8-29-10-20(19,26-18(23)30-9-19)13-5-11(3-4-14(13)21)25-17(27)16-15(22)6-12(28-2)7-24-16/h3-7H,8-10H2,1-2H3,(H2,23,26)(H,25,27). The van der Waals surface area contributed by atoms with Gasteiger partial charge in [0, 0.05) is 17.3 Å². The number of methoxy groups -OCH3 is 1. The summed E-state index contributed by atoms with van der Waals surface area (Å²) in [6.45, 7) is 2.49. The number of benzene rings is 1. The molecule has 2 aliphatic heterocycles. The summed E-state index contributed by atoms with van der Waals surface area (Å²) in [5.41, 5.74) is 4.06. The second-order valence-corrected chi connectivity index (χ2v) is 7.51. The maximum Gasteiger partial charge on any atom is 0.282 e. The minimum atomic E-state index is -1.11. The molecule has 2 aliphatic rings. The fraction of sp³-hybridized carbons (Fsp3) is 0.350. The van der Waals surface area contributed by atoms with E-state index in [4.69, 9.17) is 19.9 Å². The minimum Gasteiger partial charge on any atom is -0.495 e. The SMILES string of the molecule is COc1cnc(C(=O)Nc2ccc(F)c(C34COCC3(C)COC(N)=N4)c2)c(F)c1. The normalized spacial score (nSPS) is 25.1. The predicted molar refractivity (Wildman–Crippen MR) is 103 cm³/mol. The number of carbonyl (C=O) groups excluding carboxylic acids is 1. The number of aromatic nitrogens is 1. The number of anilines is 1. The van der Waals surface area contributed by atoms with Crippen molar-refractivity contribution >= 4 is 17.6 Å². The fourth-order valence-corrected chi connectivity index (χ4v) is 3.77. The van der Waals surface area contributed by atoms with Gasteiger partial charge in [-0.1, -0.05) is 6.92 Å². The highest BCUT2D eigenvalue weighted by Crippen LogP contribution is 2.51. The summed E-state index contributed by atoms with van der Waals surface area (Å²) < 4.78 is 44.9. The highest BCUT2D eigenvalue weighted by molar-refractivity contribution is 6.03. The topological polar surface area (TPSA) is 108 Å². The number of amides is 1. The third-order valence-electron chi connectivity index (χ3n) is 5.51. The Kier molecular flexibility index (Phi) is 4.81. The van der Waals surface area contributed by atoms with E-state index in [1.165, 1.54) is 31.5 Å². The highest BCUT2D eigenvalue weighted by Gasteiger charge is 2.58. The lowest BCUT2D eigenvalue weighted by molar-refractivity contribution is 0.0665. The van der Waals surface area contributed by atoms with Crippen LogP contribution in [-0.2, 0) is 15.0 Å². The molecule has 4 rings (SSSR count). The Morgan fingerprint density at radius 1 is 1.23 bits per heavy atom. The Bertz CT molecular complexity index is 1050. The number of ether oxygens (including phenoxy) is 3. The first kappa shape index (κ1) is 20.0. The first-order valence-electron chi connectivity index (χ1n) is 9.15. The molecule has 8 nitrogen and oxygen atoms in total. The summed E-state index contributed by atoms with van der Waals surface area (Å²) in [4.78, 5) is 20.7. The van der Waals surface area contributed by atoms with Crippen LogP contribution in [0.25, 0.3) is 0 Å². The second-order valence-electron chi connectivity index (χ2n) is 7.51. The first-order valence-corrected chi connectivity index (χ1v) is 9.15. The Morgan fingerprint density at radius 2 is 2.03 bits per heavy atom. The first-order chi connectivity index (χ1) is 14.3. The van der Waals surface area contributed by atoms with E-state index < -0.39 is 34.2 Å². The van der Waals surface area contributed by atoms with Crippen molar-refractivity contribution in [3.8, 4) is 5.75 Å². The molecule has 1 fully saturated rings. The summed E-state index contributed by atoms with van der Waals surface area (Å²) in [5, 5.41) is 2.54. The van der Waals surface area contributed by atoms with Gasteiger partial charge in [0.05, 0.1) is 31.9 Å². The Hall–Kier alpha value is -3.27. The van der Waals surface area contributed by atoms with Crippen molar-refractivity contribution in [2.75, 3.05) is 32.2 Å². The zero-order valence-corrected chi connectivity index (χ0v) is 16.4. The quantitative estimate of drug-likeness (QED) is 0.788. The van der Waals surface area contributed by atoms with Crippen molar-refractivity contribution in [1.29, 1.82) is 0 Å². The van der Waals surface area contributed by atoms with Gasteiger partial charge < -0.3 is 25.3 Å². The lowest BCUT2D eigenvalue weighted by atomic mass is 9.69. The van der Waals surface area contributed by atoms with E-state index in [0.717, 1.165) is 6.07 Å². The lowest BCUT2D eigenvalue weighted by Gasteiger charge is -2.42. The summed E-state index contributed by atoms with van der Waals surface area (Å²) in [6.07, 6.45) is 1.23. The summed E-state index contributed by atoms with van der Waals surface area (Å²) in [5.74, 6) is -1.98. The van der Waals surface area contributed by atoms with Gasteiger partial charge in [-0.15, -0.1) is 0 Å². The molecule has 0 bridgehead atoms. The predicted octanol–water partition coefficient (Wildman–Crippen LogP) is 2.20. The fourth-order valence-electron chi connectivity index (χ4n) is 3.77. The largest absolute Gasteiger partial charge is 0.495 e. The zero-order chi connectivity index (χ0) is 21.5. The van der Waals surface area contributed by atoms with Crippen molar-refractivity contribution in [3.63, 3.8) is 0 Å². The van der Waals surface area contributed by atoms with Crippen molar-refractivity contribution in [2.24, 2.45) is 16.1 Å². The molecule has 2 unspecified atom stereocenters. The monoisotopic (exact) mass is 418 g/mol. The number of nitrogens with one attached hydrogen (secondary N) is 1. The van der Waals surface area contributed by atoms with Crippen LogP contribution in [0.5, 0.6) is 5.75 Å². The van der Waals surface area contributed by atoms with E-state index in [0.29, 0.717) is 6.61 Å². The number of amidine groups is 1. The summed E-state index contributed by atoms with van der Waals surface area (Å²) in [7, 11) is 1.36. The number of aliphatic imine (C=N–C) groups is 1. The molecule has 1 saturated heterocycles. The number of pyridine rings is 1. The molecule has 0 saturated carbocycles. The number of hydrogen-bond acceptors (Lipinski definition) is 7. The summed E-state index contributed by atoms with van der Waals surface area (Å²) >= 11 is 0. The molecule has 158 valence electrons. The number of hydrogen-bond donors (Lipinski definition) is 2. The maximum absolute atomic E-state index is 14.9. The molecular weight excluding hydrogens is 398 g/mol. The maximum atomic E-state index is 14.9. The number of rotatable bonds is 4. The van der Waals surface area contributed by atoms with Crippen molar-refractivity contribution in [2.45, 2.75) is 12.5 Å². The Morgan fingerprint density at radius 3 is 2.77 bits per heavy atom. The molecule has 1 aromatic carbocycles. The van der Waals surface area contributed by atoms with Crippen LogP contribution in [0.4, 0.5) is 14.5 Å². The van der Waals surface area contributed by atoms with E-state index in [-0.39, 0.29) is 36.2 Å². The molecule has 30 heavy (non-hydrogen) atoms. The van der Waals surface area contributed by atoms with Gasteiger partial charge in [-0.2, -0.15) is 0 Å². The Balaban J connectivity index is 1.69. The third-order valence-corrected chi connectivity index (χ3v) is 5.51. The molecule has 1 aromatic heterocycles. The smallest absolute Gasteiger partial charge is 0.282 e. The van der Waals surface area contributed by atoms with Crippen LogP contribution >= 0.6 is 0 Å². The van der Waals surface area contributed by atoms with Gasteiger partial charge in [-0.25, -0.2) is 18.8 Å². The average molecular weight is 418 g/mol. The molecule has 0 radical (unpaired) electrons. The molecule has 3 heterocycles. The lowest BCUT2D eigenvalue weighted by Crippen LogP contribution is -2.50. The Labute approximate surface area is 171 Å². The van der Waals surface area contributed by atoms with Crippen molar-refractivity contribution < 1.29 is 27.8 Å². The number of halogens is 2. The minimum absolute atomic E-state index is 0.0590. The van der Waals surface area contributed by atoms with E-state index in [9.17, 15) is 13.6 Å². The molecule has 10 heteroatoms. The molecular formula is C20H20F2N4O4.